The molecule has 2 unspecified atom stereocenters. The predicted octanol–water partition coefficient (Wildman–Crippen LogP) is 1.03. The zero-order valence-corrected chi connectivity index (χ0v) is 11.0. The van der Waals surface area contributed by atoms with Crippen LogP contribution in [-0.2, 0) is 9.59 Å². The van der Waals surface area contributed by atoms with Crippen molar-refractivity contribution in [2.75, 3.05) is 18.1 Å². The molecule has 2 fully saturated rings. The van der Waals surface area contributed by atoms with Crippen molar-refractivity contribution in [3.8, 4) is 0 Å². The van der Waals surface area contributed by atoms with Gasteiger partial charge in [0.25, 0.3) is 0 Å². The zero-order chi connectivity index (χ0) is 12.5. The smallest absolute Gasteiger partial charge is 0.239 e. The van der Waals surface area contributed by atoms with Crippen molar-refractivity contribution < 1.29 is 14.7 Å². The predicted molar refractivity (Wildman–Crippen MR) is 66.6 cm³/mol. The van der Waals surface area contributed by atoms with E-state index in [1.165, 1.54) is 16.7 Å². The Labute approximate surface area is 106 Å². The summed E-state index contributed by atoms with van der Waals surface area (Å²) in [6.07, 6.45) is 3.58. The first-order valence-corrected chi connectivity index (χ1v) is 7.29. The maximum absolute atomic E-state index is 11.9. The van der Waals surface area contributed by atoms with Gasteiger partial charge >= 0.3 is 0 Å². The van der Waals surface area contributed by atoms with E-state index >= 15 is 0 Å². The lowest BCUT2D eigenvalue weighted by molar-refractivity contribution is -0.154. The van der Waals surface area contributed by atoms with Crippen LogP contribution in [0.1, 0.15) is 32.6 Å². The van der Waals surface area contributed by atoms with Crippen molar-refractivity contribution >= 4 is 23.6 Å². The number of aliphatic hydroxyl groups excluding tert-OH is 1. The van der Waals surface area contributed by atoms with Gasteiger partial charge in [-0.05, 0) is 18.8 Å². The van der Waals surface area contributed by atoms with Crippen molar-refractivity contribution in [1.29, 1.82) is 0 Å². The van der Waals surface area contributed by atoms with Crippen LogP contribution in [0.3, 0.4) is 0 Å². The minimum atomic E-state index is -0.618. The lowest BCUT2D eigenvalue weighted by atomic mass is 9.75. The highest BCUT2D eigenvalue weighted by atomic mass is 32.2. The molecule has 4 nitrogen and oxygen atoms in total. The fourth-order valence-electron chi connectivity index (χ4n) is 3.07. The topological polar surface area (TPSA) is 57.6 Å². The van der Waals surface area contributed by atoms with E-state index in [-0.39, 0.29) is 18.4 Å². The number of carbonyl (C=O) groups is 2. The molecule has 1 N–H and O–H groups in total. The van der Waals surface area contributed by atoms with Crippen molar-refractivity contribution in [3.05, 3.63) is 0 Å². The molecule has 5 heteroatoms. The second-order valence-electron chi connectivity index (χ2n) is 5.20. The zero-order valence-electron chi connectivity index (χ0n) is 10.1. The van der Waals surface area contributed by atoms with Crippen LogP contribution in [0.25, 0.3) is 0 Å². The van der Waals surface area contributed by atoms with E-state index in [1.54, 1.807) is 0 Å². The highest BCUT2D eigenvalue weighted by Crippen LogP contribution is 2.38. The highest BCUT2D eigenvalue weighted by molar-refractivity contribution is 8.00. The van der Waals surface area contributed by atoms with E-state index in [9.17, 15) is 14.7 Å². The van der Waals surface area contributed by atoms with Gasteiger partial charge in [-0.2, -0.15) is 0 Å². The largest absolute Gasteiger partial charge is 0.394 e. The fourth-order valence-corrected chi connectivity index (χ4v) is 3.78. The number of imide groups is 1. The molecule has 0 spiro atoms. The molecular formula is C12H19NO3S. The minimum Gasteiger partial charge on any atom is -0.394 e. The van der Waals surface area contributed by atoms with Gasteiger partial charge in [0.05, 0.1) is 23.7 Å². The number of nitrogens with zero attached hydrogens (tertiary/aromatic N) is 1. The molecule has 2 atom stereocenters. The molecule has 1 aliphatic heterocycles. The van der Waals surface area contributed by atoms with E-state index in [0.717, 1.165) is 25.7 Å². The van der Waals surface area contributed by atoms with E-state index in [1.807, 2.05) is 0 Å². The Morgan fingerprint density at radius 1 is 1.41 bits per heavy atom. The summed E-state index contributed by atoms with van der Waals surface area (Å²) in [7, 11) is 0. The molecule has 2 amide bonds. The summed E-state index contributed by atoms with van der Waals surface area (Å²) in [5.41, 5.74) is -0.618. The van der Waals surface area contributed by atoms with E-state index in [4.69, 9.17) is 0 Å². The van der Waals surface area contributed by atoms with Gasteiger partial charge in [0.1, 0.15) is 0 Å². The quantitative estimate of drug-likeness (QED) is 0.751. The monoisotopic (exact) mass is 257 g/mol. The Kier molecular flexibility index (Phi) is 3.78. The molecule has 1 saturated carbocycles. The van der Waals surface area contributed by atoms with E-state index in [2.05, 4.69) is 6.92 Å². The Balaban J connectivity index is 2.26. The summed E-state index contributed by atoms with van der Waals surface area (Å²) in [6.45, 7) is 2.02. The summed E-state index contributed by atoms with van der Waals surface area (Å²) in [5, 5.41) is 9.69. The van der Waals surface area contributed by atoms with Crippen LogP contribution in [0, 0.1) is 5.92 Å². The number of rotatable bonds is 2. The number of aliphatic hydroxyl groups is 1. The number of hydrogen-bond donors (Lipinski definition) is 1. The van der Waals surface area contributed by atoms with Crippen LogP contribution in [0.5, 0.6) is 0 Å². The van der Waals surface area contributed by atoms with Crippen LogP contribution < -0.4 is 0 Å². The first kappa shape index (κ1) is 12.9. The molecule has 1 saturated heterocycles. The third-order valence-corrected chi connectivity index (χ3v) is 4.69. The maximum Gasteiger partial charge on any atom is 0.239 e. The van der Waals surface area contributed by atoms with Crippen LogP contribution >= 0.6 is 11.8 Å². The molecule has 0 aromatic rings. The Hall–Kier alpha value is -0.550. The SMILES string of the molecule is CC1CCCC(CO)(N2C(=O)CSCC2=O)C1. The Morgan fingerprint density at radius 3 is 2.59 bits per heavy atom. The highest BCUT2D eigenvalue weighted by Gasteiger charge is 2.46. The molecule has 2 rings (SSSR count). The average molecular weight is 257 g/mol. The fraction of sp³-hybridized carbons (Fsp3) is 0.833. The number of amides is 2. The molecule has 0 aromatic heterocycles. The first-order valence-electron chi connectivity index (χ1n) is 6.13. The van der Waals surface area contributed by atoms with Crippen LogP contribution in [0.4, 0.5) is 0 Å². The summed E-state index contributed by atoms with van der Waals surface area (Å²) in [6, 6.07) is 0. The molecule has 96 valence electrons. The van der Waals surface area contributed by atoms with Crippen molar-refractivity contribution in [1.82, 2.24) is 4.90 Å². The van der Waals surface area contributed by atoms with Gasteiger partial charge in [-0.1, -0.05) is 19.8 Å². The molecule has 1 heterocycles. The lowest BCUT2D eigenvalue weighted by Gasteiger charge is -2.47. The van der Waals surface area contributed by atoms with Crippen LogP contribution in [0.15, 0.2) is 0 Å². The van der Waals surface area contributed by atoms with Crippen molar-refractivity contribution in [2.24, 2.45) is 5.92 Å². The van der Waals surface area contributed by atoms with Crippen molar-refractivity contribution in [3.63, 3.8) is 0 Å². The third kappa shape index (κ3) is 2.36. The molecule has 2 aliphatic rings. The van der Waals surface area contributed by atoms with Gasteiger partial charge < -0.3 is 5.11 Å². The number of thioether (sulfide) groups is 1. The molecule has 0 aromatic carbocycles. The Bertz CT molecular complexity index is 318. The van der Waals surface area contributed by atoms with Crippen LogP contribution in [0.2, 0.25) is 0 Å². The van der Waals surface area contributed by atoms with Crippen LogP contribution in [-0.4, -0.2) is 45.5 Å². The van der Waals surface area contributed by atoms with Gasteiger partial charge in [0.2, 0.25) is 11.8 Å². The average Bonchev–Trinajstić information content (AvgIpc) is 2.28. The van der Waals surface area contributed by atoms with Crippen molar-refractivity contribution in [2.45, 2.75) is 38.1 Å². The molecular weight excluding hydrogens is 238 g/mol. The van der Waals surface area contributed by atoms with E-state index < -0.39 is 5.54 Å². The van der Waals surface area contributed by atoms with E-state index in [0.29, 0.717) is 17.4 Å². The molecule has 0 bridgehead atoms. The van der Waals surface area contributed by atoms with Gasteiger partial charge in [0.15, 0.2) is 0 Å². The van der Waals surface area contributed by atoms with Gasteiger partial charge in [-0.25, -0.2) is 0 Å². The number of carbonyl (C=O) groups excluding carboxylic acids is 2. The lowest BCUT2D eigenvalue weighted by Crippen LogP contribution is -2.61. The normalized spacial score (nSPS) is 35.2. The standard InChI is InChI=1S/C12H19NO3S/c1-9-3-2-4-12(5-9,8-14)13-10(15)6-17-7-11(13)16/h9,14H,2-8H2,1H3. The summed E-state index contributed by atoms with van der Waals surface area (Å²) in [5.74, 6) is 0.930. The summed E-state index contributed by atoms with van der Waals surface area (Å²) in [4.78, 5) is 25.3. The molecule has 0 radical (unpaired) electrons. The third-order valence-electron chi connectivity index (χ3n) is 3.79. The Morgan fingerprint density at radius 2 is 2.06 bits per heavy atom. The number of hydrogen-bond acceptors (Lipinski definition) is 4. The van der Waals surface area contributed by atoms with Gasteiger partial charge in [0, 0.05) is 0 Å². The van der Waals surface area contributed by atoms with Gasteiger partial charge in [-0.15, -0.1) is 11.8 Å². The van der Waals surface area contributed by atoms with Gasteiger partial charge in [-0.3, -0.25) is 14.5 Å². The maximum atomic E-state index is 11.9. The second-order valence-corrected chi connectivity index (χ2v) is 6.19. The summed E-state index contributed by atoms with van der Waals surface area (Å²) < 4.78 is 0. The molecule has 17 heavy (non-hydrogen) atoms. The minimum absolute atomic E-state index is 0.0977. The summed E-state index contributed by atoms with van der Waals surface area (Å²) >= 11 is 1.37. The molecule has 1 aliphatic carbocycles. The first-order chi connectivity index (χ1) is 8.09. The second kappa shape index (κ2) is 4.98.